The Morgan fingerprint density at radius 3 is 2.78 bits per heavy atom. The minimum atomic E-state index is -0.912. The van der Waals surface area contributed by atoms with Crippen molar-refractivity contribution in [1.29, 1.82) is 0 Å². The Kier molecular flexibility index (Phi) is 0.805. The Labute approximate surface area is 55.2 Å². The lowest BCUT2D eigenvalue weighted by molar-refractivity contribution is -0.232. The molecule has 0 N–H and O–H groups in total. The predicted molar refractivity (Wildman–Crippen MR) is 33.8 cm³/mol. The second-order valence-corrected chi connectivity index (χ2v) is 3.86. The second-order valence-electron chi connectivity index (χ2n) is 1.98. The molecule has 1 unspecified atom stereocenters. The van der Waals surface area contributed by atoms with Crippen LogP contribution in [0.15, 0.2) is 22.6 Å². The van der Waals surface area contributed by atoms with Crippen LogP contribution >= 0.6 is 0 Å². The molecule has 46 valence electrons. The van der Waals surface area contributed by atoms with E-state index >= 15 is 0 Å². The first kappa shape index (κ1) is 5.11. The molecule has 2 nitrogen and oxygen atoms in total. The Balaban J connectivity index is 2.20. The summed E-state index contributed by atoms with van der Waals surface area (Å²) in [5.74, 6) is 0.670. The average molecular weight is 140 g/mol. The summed E-state index contributed by atoms with van der Waals surface area (Å²) in [5, 5.41) is 9.35. The largest absolute Gasteiger partial charge is 0.504 e. The molecule has 0 saturated heterocycles. The normalized spacial score (nSPS) is 28.7. The van der Waals surface area contributed by atoms with Gasteiger partial charge in [-0.3, -0.25) is 0 Å². The Bertz CT molecular complexity index is 239. The summed E-state index contributed by atoms with van der Waals surface area (Å²) in [7, 11) is -0.576. The maximum atomic E-state index is 10.3. The lowest BCUT2D eigenvalue weighted by Crippen LogP contribution is -2.29. The van der Waals surface area contributed by atoms with Gasteiger partial charge in [0.25, 0.3) is 5.30 Å². The molecule has 2 aliphatic rings. The van der Waals surface area contributed by atoms with Crippen LogP contribution in [0.4, 0.5) is 4.79 Å². The van der Waals surface area contributed by atoms with Crippen LogP contribution in [0.3, 0.4) is 0 Å². The van der Waals surface area contributed by atoms with Crippen LogP contribution in [0, 0.1) is 0 Å². The number of carbonyl (C=O) groups is 1. The van der Waals surface area contributed by atoms with Crippen molar-refractivity contribution in [3.05, 3.63) is 22.6 Å². The molecule has 1 heterocycles. The van der Waals surface area contributed by atoms with Gasteiger partial charge in [-0.25, -0.2) is 0 Å². The predicted octanol–water partition coefficient (Wildman–Crippen LogP) is -0.214. The smallest absolute Gasteiger partial charge is 0.279 e. The molecule has 0 aromatic rings. The van der Waals surface area contributed by atoms with E-state index in [9.17, 15) is 9.90 Å². The third-order valence-electron chi connectivity index (χ3n) is 1.42. The van der Waals surface area contributed by atoms with E-state index in [1.807, 2.05) is 12.2 Å². The maximum Gasteiger partial charge on any atom is 0.279 e. The number of hydrogen-bond acceptors (Lipinski definition) is 2. The van der Waals surface area contributed by atoms with Crippen LogP contribution in [-0.4, -0.2) is 11.1 Å². The molecule has 0 radical (unpaired) electrons. The van der Waals surface area contributed by atoms with Crippen molar-refractivity contribution in [1.82, 2.24) is 0 Å². The van der Waals surface area contributed by atoms with E-state index in [0.29, 0.717) is 5.75 Å². The molecular formula is C6H4O2S. The molecule has 1 aliphatic carbocycles. The molecule has 0 spiro atoms. The van der Waals surface area contributed by atoms with E-state index in [4.69, 9.17) is 0 Å². The zero-order chi connectivity index (χ0) is 6.43. The van der Waals surface area contributed by atoms with Crippen LogP contribution in [0.25, 0.3) is 0 Å². The Hall–Kier alpha value is -0.700. The second kappa shape index (κ2) is 1.42. The highest BCUT2D eigenvalue weighted by molar-refractivity contribution is 8.14. The zero-order valence-electron chi connectivity index (χ0n) is 4.59. The number of hydrogen-bond donors (Lipinski definition) is 0. The van der Waals surface area contributed by atoms with Crippen molar-refractivity contribution in [3.63, 3.8) is 0 Å². The third kappa shape index (κ3) is 0.612. The highest BCUT2D eigenvalue weighted by Gasteiger charge is 2.42. The highest BCUT2D eigenvalue weighted by Crippen LogP contribution is 2.40. The van der Waals surface area contributed by atoms with Crippen LogP contribution < -0.4 is 5.11 Å². The van der Waals surface area contributed by atoms with Gasteiger partial charge in [0, 0.05) is 11.6 Å². The first-order chi connectivity index (χ1) is 4.29. The van der Waals surface area contributed by atoms with Gasteiger partial charge in [-0.05, 0) is 6.08 Å². The zero-order valence-corrected chi connectivity index (χ0v) is 5.40. The Morgan fingerprint density at radius 1 is 1.78 bits per heavy atom. The van der Waals surface area contributed by atoms with Crippen LogP contribution in [-0.2, 0) is 10.9 Å². The molecule has 0 aromatic heterocycles. The summed E-state index contributed by atoms with van der Waals surface area (Å²) in [5.41, 5.74) is 1.14. The van der Waals surface area contributed by atoms with Crippen molar-refractivity contribution < 1.29 is 9.90 Å². The van der Waals surface area contributed by atoms with Crippen molar-refractivity contribution in [2.45, 2.75) is 0 Å². The lowest BCUT2D eigenvalue weighted by Gasteiger charge is -1.95. The molecule has 0 bridgehead atoms. The van der Waals surface area contributed by atoms with Crippen LogP contribution in [0.1, 0.15) is 0 Å². The molecule has 0 aromatic carbocycles. The van der Waals surface area contributed by atoms with Gasteiger partial charge < -0.3 is 9.90 Å². The van der Waals surface area contributed by atoms with Crippen LogP contribution in [0.2, 0.25) is 0 Å². The van der Waals surface area contributed by atoms with Gasteiger partial charge in [-0.15, -0.1) is 0 Å². The summed E-state index contributed by atoms with van der Waals surface area (Å²) in [6, 6.07) is 0. The molecule has 0 fully saturated rings. The van der Waals surface area contributed by atoms with E-state index in [1.165, 1.54) is 0 Å². The van der Waals surface area contributed by atoms with Gasteiger partial charge in [0.1, 0.15) is 5.75 Å². The molecule has 1 aliphatic heterocycles. The van der Waals surface area contributed by atoms with Gasteiger partial charge >= 0.3 is 0 Å². The molecule has 2 rings (SSSR count). The molecule has 0 amide bonds. The topological polar surface area (TPSA) is 40.1 Å². The number of rotatable bonds is 0. The molecule has 9 heavy (non-hydrogen) atoms. The maximum absolute atomic E-state index is 10.3. The quantitative estimate of drug-likeness (QED) is 0.437. The van der Waals surface area contributed by atoms with E-state index in [1.54, 1.807) is 0 Å². The summed E-state index contributed by atoms with van der Waals surface area (Å²) in [6.45, 7) is 0. The summed E-state index contributed by atoms with van der Waals surface area (Å²) >= 11 is 0. The van der Waals surface area contributed by atoms with Gasteiger partial charge in [0.05, 0.1) is 10.9 Å². The van der Waals surface area contributed by atoms with Gasteiger partial charge in [-0.2, -0.15) is 0 Å². The first-order valence-electron chi connectivity index (χ1n) is 2.63. The van der Waals surface area contributed by atoms with Crippen molar-refractivity contribution in [3.8, 4) is 0 Å². The van der Waals surface area contributed by atoms with E-state index < -0.39 is 16.2 Å². The minimum Gasteiger partial charge on any atom is -0.504 e. The monoisotopic (exact) mass is 140 g/mol. The average Bonchev–Trinajstić information content (AvgIpc) is 2.43. The SMILES string of the molecule is O=C([O-])[S+]1CC=C2C=C21. The third-order valence-corrected chi connectivity index (χ3v) is 3.21. The van der Waals surface area contributed by atoms with Gasteiger partial charge in [0.2, 0.25) is 0 Å². The molecular weight excluding hydrogens is 136 g/mol. The van der Waals surface area contributed by atoms with E-state index in [-0.39, 0.29) is 0 Å². The summed E-state index contributed by atoms with van der Waals surface area (Å²) in [6.07, 6.45) is 3.86. The first-order valence-corrected chi connectivity index (χ1v) is 4.02. The number of carboxylic acid groups (broad SMARTS) is 1. The molecule has 0 saturated carbocycles. The number of carbonyl (C=O) groups excluding carboxylic acids is 1. The Morgan fingerprint density at radius 2 is 2.56 bits per heavy atom. The number of fused-ring (bicyclic) bond motifs is 1. The molecule has 3 heteroatoms. The minimum absolute atomic E-state index is 0.576. The van der Waals surface area contributed by atoms with Crippen LogP contribution in [0.5, 0.6) is 0 Å². The fraction of sp³-hybridized carbons (Fsp3) is 0.167. The highest BCUT2D eigenvalue weighted by atomic mass is 32.2. The molecule has 1 atom stereocenters. The standard InChI is InChI=1S/C6H4O2S/c7-6(8)9-2-1-4-3-5(4)9/h1,3H,2H2. The van der Waals surface area contributed by atoms with E-state index in [0.717, 1.165) is 10.5 Å². The van der Waals surface area contributed by atoms with Crippen molar-refractivity contribution >= 4 is 16.2 Å². The summed E-state index contributed by atoms with van der Waals surface area (Å²) < 4.78 is 0. The fourth-order valence-corrected chi connectivity index (χ4v) is 2.38. The van der Waals surface area contributed by atoms with Crippen molar-refractivity contribution in [2.24, 2.45) is 0 Å². The lowest BCUT2D eigenvalue weighted by atomic mass is 10.5. The van der Waals surface area contributed by atoms with Gasteiger partial charge in [0.15, 0.2) is 4.91 Å². The fourth-order valence-electron chi connectivity index (χ4n) is 0.899. The summed E-state index contributed by atoms with van der Waals surface area (Å²) in [4.78, 5) is 11.3. The number of allylic oxidation sites excluding steroid dienone is 2. The van der Waals surface area contributed by atoms with Gasteiger partial charge in [-0.1, -0.05) is 0 Å². The van der Waals surface area contributed by atoms with E-state index in [2.05, 4.69) is 0 Å². The van der Waals surface area contributed by atoms with Crippen molar-refractivity contribution in [2.75, 3.05) is 5.75 Å².